The molecule has 0 N–H and O–H groups in total. The third-order valence-electron chi connectivity index (χ3n) is 10.9. The summed E-state index contributed by atoms with van der Waals surface area (Å²) in [5.41, 5.74) is 17.3. The Morgan fingerprint density at radius 2 is 1.00 bits per heavy atom. The van der Waals surface area contributed by atoms with Gasteiger partial charge in [-0.05, 0) is 163 Å². The second-order valence-corrected chi connectivity index (χ2v) is 21.2. The largest absolute Gasteiger partial charge is 0.357 e. The highest BCUT2D eigenvalue weighted by Crippen LogP contribution is 2.34. The van der Waals surface area contributed by atoms with Crippen LogP contribution < -0.4 is 42.4 Å². The maximum Gasteiger partial charge on any atom is 0.357 e. The van der Waals surface area contributed by atoms with E-state index in [1.807, 2.05) is 0 Å². The van der Waals surface area contributed by atoms with Crippen molar-refractivity contribution < 1.29 is 42.4 Å². The highest BCUT2D eigenvalue weighted by Gasteiger charge is 2.23. The predicted octanol–water partition coefficient (Wildman–Crippen LogP) is 6.18. The highest BCUT2D eigenvalue weighted by molar-refractivity contribution is 5.86. The van der Waals surface area contributed by atoms with Crippen LogP contribution in [0.3, 0.4) is 0 Å². The molecule has 0 bridgehead atoms. The SMILES string of the molecule is C1=C[CH+]C(=C(c2ccccc2)c2ccc3c(c2)CC3)C=C1.CC(C)c1ccc([I+]c2ccc3c(c2)CC3)cc1.Cc1ccc([I+]c2ccc3c(c2)CC3)cc1. The molecule has 4 aliphatic rings. The van der Waals surface area contributed by atoms with Crippen molar-refractivity contribution in [1.29, 1.82) is 0 Å². The molecule has 0 atom stereocenters. The van der Waals surface area contributed by atoms with Gasteiger partial charge in [0.1, 0.15) is 5.57 Å². The topological polar surface area (TPSA) is 0 Å². The Kier molecular flexibility index (Phi) is 12.2. The van der Waals surface area contributed by atoms with Gasteiger partial charge in [-0.3, -0.25) is 0 Å². The first-order valence-corrected chi connectivity index (χ1v) is 24.1. The Morgan fingerprint density at radius 3 is 1.47 bits per heavy atom. The maximum atomic E-state index is 2.43. The molecule has 0 aliphatic heterocycles. The Hall–Kier alpha value is -4.13. The first kappa shape index (κ1) is 37.8. The zero-order valence-electron chi connectivity index (χ0n) is 32.2. The molecule has 55 heavy (non-hydrogen) atoms. The van der Waals surface area contributed by atoms with E-state index in [4.69, 9.17) is 0 Å². The summed E-state index contributed by atoms with van der Waals surface area (Å²) in [4.78, 5) is 0. The zero-order chi connectivity index (χ0) is 37.6. The van der Waals surface area contributed by atoms with Gasteiger partial charge >= 0.3 is 42.4 Å². The Balaban J connectivity index is 0.000000118. The molecule has 10 rings (SSSR count). The van der Waals surface area contributed by atoms with Crippen LogP contribution in [0.15, 0.2) is 163 Å². The van der Waals surface area contributed by atoms with E-state index in [1.54, 1.807) is 29.4 Å². The van der Waals surface area contributed by atoms with E-state index in [1.165, 1.54) is 90.2 Å². The van der Waals surface area contributed by atoms with E-state index in [0.29, 0.717) is 5.92 Å². The quantitative estimate of drug-likeness (QED) is 0.133. The molecule has 0 fully saturated rings. The average Bonchev–Trinajstić information content (AvgIpc) is 3.18. The van der Waals surface area contributed by atoms with E-state index in [-0.39, 0.29) is 42.4 Å². The molecule has 272 valence electrons. The number of rotatable bonds is 7. The highest BCUT2D eigenvalue weighted by atomic mass is 127. The van der Waals surface area contributed by atoms with Crippen LogP contribution in [0.4, 0.5) is 0 Å². The molecule has 0 heterocycles. The number of allylic oxidation sites excluding steroid dienone is 5. The summed E-state index contributed by atoms with van der Waals surface area (Å²) >= 11 is 0.0207. The standard InChI is InChI=1S/C21H17.C17H18I.C15H14I/c1-3-7-17(8-4-1)21(18-9-5-2-6-10-18)20-14-12-16-11-13-19(16)15-20;1-12(2)13-5-8-16(9-6-13)18-17-10-7-14-3-4-15(14)11-17;1-11-2-7-14(8-3-11)16-15-9-6-12-4-5-13(12)10-15/h1-10,12,14-15H,11,13H2;5-12H,3-4H2,1-2H3;2-3,6-10H,4-5H2,1H3/q3*+1. The van der Waals surface area contributed by atoms with Gasteiger partial charge in [-0.1, -0.05) is 80.1 Å². The van der Waals surface area contributed by atoms with E-state index < -0.39 is 0 Å². The number of fused-ring (bicyclic) bond motifs is 3. The molecule has 0 saturated heterocycles. The Morgan fingerprint density at radius 1 is 0.491 bits per heavy atom. The molecule has 0 radical (unpaired) electrons. The molecule has 0 aromatic heterocycles. The van der Waals surface area contributed by atoms with E-state index in [2.05, 4.69) is 185 Å². The smallest absolute Gasteiger partial charge is 0.0622 e. The summed E-state index contributed by atoms with van der Waals surface area (Å²) < 4.78 is 6.16. The average molecular weight is 940 g/mol. The van der Waals surface area contributed by atoms with Gasteiger partial charge in [0, 0.05) is 41.9 Å². The van der Waals surface area contributed by atoms with Crippen LogP contribution in [0.5, 0.6) is 0 Å². The van der Waals surface area contributed by atoms with Crippen molar-refractivity contribution in [2.75, 3.05) is 0 Å². The summed E-state index contributed by atoms with van der Waals surface area (Å²) in [6, 6.07) is 50.0. The van der Waals surface area contributed by atoms with Gasteiger partial charge in [-0.2, -0.15) is 0 Å². The van der Waals surface area contributed by atoms with E-state index in [9.17, 15) is 0 Å². The van der Waals surface area contributed by atoms with E-state index >= 15 is 0 Å². The summed E-state index contributed by atoms with van der Waals surface area (Å²) in [6.07, 6.45) is 18.3. The molecule has 0 spiro atoms. The normalized spacial score (nSPS) is 14.9. The second-order valence-electron chi connectivity index (χ2n) is 15.1. The summed E-state index contributed by atoms with van der Waals surface area (Å²) in [5.74, 6) is 0.633. The minimum Gasteiger partial charge on any atom is -0.0622 e. The summed E-state index contributed by atoms with van der Waals surface area (Å²) in [5, 5.41) is 0. The minimum absolute atomic E-state index is 0.000407. The third-order valence-corrected chi connectivity index (χ3v) is 16.2. The third kappa shape index (κ3) is 9.47. The lowest BCUT2D eigenvalue weighted by Crippen LogP contribution is -3.61. The predicted molar refractivity (Wildman–Crippen MR) is 223 cm³/mol. The molecule has 0 nitrogen and oxygen atoms in total. The molecule has 2 heteroatoms. The van der Waals surface area contributed by atoms with Crippen molar-refractivity contribution in [3.05, 3.63) is 240 Å². The van der Waals surface area contributed by atoms with Crippen molar-refractivity contribution in [1.82, 2.24) is 0 Å². The van der Waals surface area contributed by atoms with Crippen molar-refractivity contribution in [3.8, 4) is 0 Å². The molecule has 4 aliphatic carbocycles. The van der Waals surface area contributed by atoms with Crippen LogP contribution in [0, 0.1) is 27.6 Å². The Labute approximate surface area is 350 Å². The van der Waals surface area contributed by atoms with Crippen LogP contribution in [0.1, 0.15) is 75.4 Å². The lowest BCUT2D eigenvalue weighted by Gasteiger charge is -2.20. The van der Waals surface area contributed by atoms with Crippen LogP contribution in [-0.4, -0.2) is 0 Å². The zero-order valence-corrected chi connectivity index (χ0v) is 36.5. The van der Waals surface area contributed by atoms with Gasteiger partial charge < -0.3 is 0 Å². The van der Waals surface area contributed by atoms with Gasteiger partial charge in [0.15, 0.2) is 14.3 Å². The van der Waals surface area contributed by atoms with Gasteiger partial charge in [0.05, 0.1) is 5.57 Å². The first-order valence-electron chi connectivity index (χ1n) is 19.7. The number of benzene rings is 6. The number of aryl methyl sites for hydroxylation is 7. The molecule has 6 aromatic rings. The fourth-order valence-corrected chi connectivity index (χ4v) is 11.9. The Bertz CT molecular complexity index is 2360. The van der Waals surface area contributed by atoms with Crippen LogP contribution in [0.2, 0.25) is 0 Å². The van der Waals surface area contributed by atoms with E-state index in [0.717, 1.165) is 0 Å². The fraction of sp³-hybridized carbons (Fsp3) is 0.189. The number of hydrogen-bond acceptors (Lipinski definition) is 0. The summed E-state index contributed by atoms with van der Waals surface area (Å²) in [7, 11) is 0. The molecule has 0 saturated carbocycles. The lowest BCUT2D eigenvalue weighted by molar-refractivity contribution is -0.597. The number of hydrogen-bond donors (Lipinski definition) is 0. The fourth-order valence-electron chi connectivity index (χ4n) is 7.26. The lowest BCUT2D eigenvalue weighted by atomic mass is 9.83. The molecular formula is C53H49I2+3. The van der Waals surface area contributed by atoms with Crippen molar-refractivity contribution in [2.24, 2.45) is 0 Å². The van der Waals surface area contributed by atoms with Crippen LogP contribution >= 0.6 is 0 Å². The van der Waals surface area contributed by atoms with Crippen molar-refractivity contribution in [2.45, 2.75) is 65.2 Å². The van der Waals surface area contributed by atoms with Gasteiger partial charge in [-0.25, -0.2) is 0 Å². The molecule has 6 aromatic carbocycles. The van der Waals surface area contributed by atoms with Gasteiger partial charge in [0.2, 0.25) is 0 Å². The van der Waals surface area contributed by atoms with Crippen molar-refractivity contribution in [3.63, 3.8) is 0 Å². The van der Waals surface area contributed by atoms with Gasteiger partial charge in [-0.15, -0.1) is 0 Å². The summed E-state index contributed by atoms with van der Waals surface area (Å²) in [6.45, 7) is 6.65. The molecular weight excluding hydrogens is 890 g/mol. The van der Waals surface area contributed by atoms with Crippen LogP contribution in [0.25, 0.3) is 5.57 Å². The monoisotopic (exact) mass is 939 g/mol. The van der Waals surface area contributed by atoms with Crippen molar-refractivity contribution >= 4 is 5.57 Å². The maximum absolute atomic E-state index is 2.43. The number of halogens is 2. The van der Waals surface area contributed by atoms with Crippen LogP contribution in [-0.2, 0) is 38.5 Å². The second kappa shape index (κ2) is 17.8. The minimum atomic E-state index is 0.000407. The molecule has 0 amide bonds. The first-order chi connectivity index (χ1) is 26.9. The van der Waals surface area contributed by atoms with Gasteiger partial charge in [0.25, 0.3) is 0 Å². The molecule has 0 unspecified atom stereocenters.